The van der Waals surface area contributed by atoms with Crippen molar-refractivity contribution >= 4 is 17.6 Å². The molecule has 0 saturated heterocycles. The van der Waals surface area contributed by atoms with Gasteiger partial charge in [0.15, 0.2) is 0 Å². The van der Waals surface area contributed by atoms with Crippen LogP contribution in [0.3, 0.4) is 0 Å². The number of amides is 3. The highest BCUT2D eigenvalue weighted by Gasteiger charge is 2.17. The topological polar surface area (TPSA) is 55.9 Å². The van der Waals surface area contributed by atoms with E-state index in [1.165, 1.54) is 0 Å². The molecule has 0 bridgehead atoms. The van der Waals surface area contributed by atoms with Crippen molar-refractivity contribution in [3.05, 3.63) is 65.7 Å². The Bertz CT molecular complexity index is 775. The maximum absolute atomic E-state index is 13.0. The van der Waals surface area contributed by atoms with E-state index in [0.717, 1.165) is 17.7 Å². The van der Waals surface area contributed by atoms with Crippen molar-refractivity contribution in [1.82, 2.24) is 14.7 Å². The van der Waals surface area contributed by atoms with Gasteiger partial charge in [0.05, 0.1) is 6.42 Å². The van der Waals surface area contributed by atoms with Gasteiger partial charge < -0.3 is 20.0 Å². The Morgan fingerprint density at radius 3 is 2.14 bits per heavy atom. The molecule has 6 heteroatoms. The molecule has 2 aromatic carbocycles. The summed E-state index contributed by atoms with van der Waals surface area (Å²) in [5.74, 6) is -0.00421. The van der Waals surface area contributed by atoms with Gasteiger partial charge in [-0.15, -0.1) is 0 Å². The summed E-state index contributed by atoms with van der Waals surface area (Å²) in [5, 5.41) is 3.00. The van der Waals surface area contributed by atoms with E-state index in [9.17, 15) is 9.59 Å². The molecule has 2 aromatic rings. The highest BCUT2D eigenvalue weighted by Crippen LogP contribution is 2.17. The number of para-hydroxylation sites is 1. The van der Waals surface area contributed by atoms with E-state index in [1.807, 2.05) is 68.7 Å². The number of nitrogens with one attached hydrogen (secondary N) is 1. The van der Waals surface area contributed by atoms with E-state index in [1.54, 1.807) is 23.9 Å². The molecule has 0 aliphatic rings. The summed E-state index contributed by atoms with van der Waals surface area (Å²) in [6.45, 7) is 1.90. The van der Waals surface area contributed by atoms with Crippen LogP contribution in [0.25, 0.3) is 0 Å². The minimum absolute atomic E-state index is 0.00421. The van der Waals surface area contributed by atoms with Crippen LogP contribution in [0.5, 0.6) is 0 Å². The highest BCUT2D eigenvalue weighted by atomic mass is 16.2. The fourth-order valence-corrected chi connectivity index (χ4v) is 2.69. The summed E-state index contributed by atoms with van der Waals surface area (Å²) >= 11 is 0. The Kier molecular flexibility index (Phi) is 8.02. The molecule has 0 spiro atoms. The smallest absolute Gasteiger partial charge is 0.322 e. The number of carbonyl (C=O) groups is 2. The molecule has 0 heterocycles. The van der Waals surface area contributed by atoms with Gasteiger partial charge in [-0.1, -0.05) is 48.5 Å². The first-order valence-corrected chi connectivity index (χ1v) is 9.39. The molecule has 6 nitrogen and oxygen atoms in total. The Balaban J connectivity index is 2.15. The molecule has 0 atom stereocenters. The number of urea groups is 1. The van der Waals surface area contributed by atoms with Crippen LogP contribution in [-0.4, -0.2) is 67.9 Å². The van der Waals surface area contributed by atoms with Crippen molar-refractivity contribution < 1.29 is 9.59 Å². The number of likely N-dealkylation sites (N-methyl/N-ethyl adjacent to an activating group) is 2. The van der Waals surface area contributed by atoms with Gasteiger partial charge >= 0.3 is 6.03 Å². The van der Waals surface area contributed by atoms with Crippen LogP contribution in [-0.2, 0) is 17.8 Å². The number of hydrogen-bond donors (Lipinski definition) is 1. The van der Waals surface area contributed by atoms with Gasteiger partial charge in [-0.2, -0.15) is 0 Å². The van der Waals surface area contributed by atoms with Gasteiger partial charge in [0.25, 0.3) is 0 Å². The second-order valence-corrected chi connectivity index (χ2v) is 7.26. The summed E-state index contributed by atoms with van der Waals surface area (Å²) < 4.78 is 0. The first-order chi connectivity index (χ1) is 13.4. The molecular weight excluding hydrogens is 352 g/mol. The predicted molar refractivity (Wildman–Crippen MR) is 113 cm³/mol. The second kappa shape index (κ2) is 10.5. The molecule has 0 radical (unpaired) electrons. The van der Waals surface area contributed by atoms with Crippen molar-refractivity contribution in [1.29, 1.82) is 0 Å². The lowest BCUT2D eigenvalue weighted by Gasteiger charge is -2.25. The van der Waals surface area contributed by atoms with Gasteiger partial charge in [-0.05, 0) is 31.3 Å². The Labute approximate surface area is 167 Å². The molecule has 0 fully saturated rings. The highest BCUT2D eigenvalue weighted by molar-refractivity contribution is 5.91. The second-order valence-electron chi connectivity index (χ2n) is 7.26. The van der Waals surface area contributed by atoms with Crippen LogP contribution in [0, 0.1) is 0 Å². The van der Waals surface area contributed by atoms with Gasteiger partial charge in [-0.3, -0.25) is 4.79 Å². The Morgan fingerprint density at radius 2 is 1.50 bits per heavy atom. The number of carbonyl (C=O) groups excluding carboxylic acids is 2. The van der Waals surface area contributed by atoms with Crippen molar-refractivity contribution in [2.75, 3.05) is 46.6 Å². The monoisotopic (exact) mass is 382 g/mol. The van der Waals surface area contributed by atoms with Crippen LogP contribution in [0.1, 0.15) is 11.1 Å². The molecule has 2 rings (SSSR count). The third kappa shape index (κ3) is 6.70. The quantitative estimate of drug-likeness (QED) is 0.764. The standard InChI is InChI=1S/C22H30N4O2/c1-24(2)14-15-26(17-18-10-6-5-7-11-18)22(28)23-20-13-9-8-12-19(20)16-21(27)25(3)4/h5-13H,14-17H2,1-4H3,(H,23,28). The Morgan fingerprint density at radius 1 is 0.857 bits per heavy atom. The molecule has 0 aromatic heterocycles. The first-order valence-electron chi connectivity index (χ1n) is 9.39. The van der Waals surface area contributed by atoms with Crippen molar-refractivity contribution in [2.45, 2.75) is 13.0 Å². The lowest BCUT2D eigenvalue weighted by atomic mass is 10.1. The first kappa shape index (κ1) is 21.4. The summed E-state index contributed by atoms with van der Waals surface area (Å²) in [6, 6.07) is 17.2. The van der Waals surface area contributed by atoms with Crippen molar-refractivity contribution in [2.24, 2.45) is 0 Å². The SMILES string of the molecule is CN(C)CCN(Cc1ccccc1)C(=O)Nc1ccccc1CC(=O)N(C)C. The number of hydrogen-bond acceptors (Lipinski definition) is 3. The van der Waals surface area contributed by atoms with E-state index >= 15 is 0 Å². The predicted octanol–water partition coefficient (Wildman–Crippen LogP) is 2.91. The summed E-state index contributed by atoms with van der Waals surface area (Å²) in [5.41, 5.74) is 2.56. The lowest BCUT2D eigenvalue weighted by molar-refractivity contribution is -0.127. The summed E-state index contributed by atoms with van der Waals surface area (Å²) in [6.07, 6.45) is 0.250. The average Bonchev–Trinajstić information content (AvgIpc) is 2.67. The van der Waals surface area contributed by atoms with Gasteiger partial charge in [0.2, 0.25) is 5.91 Å². The molecule has 0 saturated carbocycles. The van der Waals surface area contributed by atoms with E-state index in [-0.39, 0.29) is 18.4 Å². The number of nitrogens with zero attached hydrogens (tertiary/aromatic N) is 3. The molecule has 1 N–H and O–H groups in total. The molecule has 0 unspecified atom stereocenters. The lowest BCUT2D eigenvalue weighted by Crippen LogP contribution is -2.39. The third-order valence-electron chi connectivity index (χ3n) is 4.42. The normalized spacial score (nSPS) is 10.6. The minimum Gasteiger partial charge on any atom is -0.349 e. The van der Waals surface area contributed by atoms with E-state index in [2.05, 4.69) is 10.2 Å². The molecule has 0 aliphatic heterocycles. The van der Waals surface area contributed by atoms with Crippen molar-refractivity contribution in [3.63, 3.8) is 0 Å². The fraction of sp³-hybridized carbons (Fsp3) is 0.364. The van der Waals surface area contributed by atoms with E-state index in [0.29, 0.717) is 18.8 Å². The average molecular weight is 383 g/mol. The van der Waals surface area contributed by atoms with Crippen LogP contribution in [0.2, 0.25) is 0 Å². The summed E-state index contributed by atoms with van der Waals surface area (Å²) in [7, 11) is 7.43. The fourth-order valence-electron chi connectivity index (χ4n) is 2.69. The minimum atomic E-state index is -0.171. The zero-order valence-electron chi connectivity index (χ0n) is 17.2. The number of anilines is 1. The largest absolute Gasteiger partial charge is 0.349 e. The molecule has 150 valence electrons. The number of rotatable bonds is 8. The van der Waals surface area contributed by atoms with Crippen molar-refractivity contribution in [3.8, 4) is 0 Å². The molecule has 0 aliphatic carbocycles. The maximum Gasteiger partial charge on any atom is 0.322 e. The zero-order valence-corrected chi connectivity index (χ0v) is 17.2. The maximum atomic E-state index is 13.0. The summed E-state index contributed by atoms with van der Waals surface area (Å²) in [4.78, 5) is 30.5. The number of benzene rings is 2. The Hall–Kier alpha value is -2.86. The van der Waals surface area contributed by atoms with Gasteiger partial charge in [0, 0.05) is 39.4 Å². The van der Waals surface area contributed by atoms with E-state index < -0.39 is 0 Å². The van der Waals surface area contributed by atoms with E-state index in [4.69, 9.17) is 0 Å². The van der Waals surface area contributed by atoms with Crippen LogP contribution >= 0.6 is 0 Å². The van der Waals surface area contributed by atoms with Gasteiger partial charge in [0.1, 0.15) is 0 Å². The molecule has 3 amide bonds. The van der Waals surface area contributed by atoms with Crippen LogP contribution in [0.15, 0.2) is 54.6 Å². The molecule has 28 heavy (non-hydrogen) atoms. The van der Waals surface area contributed by atoms with Crippen LogP contribution < -0.4 is 5.32 Å². The third-order valence-corrected chi connectivity index (χ3v) is 4.42. The van der Waals surface area contributed by atoms with Gasteiger partial charge in [-0.25, -0.2) is 4.79 Å². The van der Waals surface area contributed by atoms with Crippen LogP contribution in [0.4, 0.5) is 10.5 Å². The molecular formula is C22H30N4O2. The zero-order chi connectivity index (χ0) is 20.5.